The molecule has 0 spiro atoms. The first-order valence-electron chi connectivity index (χ1n) is 10.6. The Labute approximate surface area is 199 Å². The molecule has 5 nitrogen and oxygen atoms in total. The number of ether oxygens (including phenoxy) is 1. The number of carbonyl (C=O) groups is 1. The van der Waals surface area contributed by atoms with Crippen LogP contribution in [0.25, 0.3) is 6.08 Å². The first-order chi connectivity index (χ1) is 16.7. The minimum absolute atomic E-state index is 0.0537. The van der Waals surface area contributed by atoms with Crippen LogP contribution in [0.2, 0.25) is 0 Å². The predicted molar refractivity (Wildman–Crippen MR) is 126 cm³/mol. The smallest absolute Gasteiger partial charge is 0.416 e. The van der Waals surface area contributed by atoms with Crippen molar-refractivity contribution < 1.29 is 27.1 Å². The van der Waals surface area contributed by atoms with Crippen LogP contribution >= 0.6 is 0 Å². The quantitative estimate of drug-likeness (QED) is 0.302. The zero-order valence-electron chi connectivity index (χ0n) is 18.8. The van der Waals surface area contributed by atoms with Crippen molar-refractivity contribution in [1.82, 2.24) is 4.98 Å². The van der Waals surface area contributed by atoms with Gasteiger partial charge in [0.05, 0.1) is 35.3 Å². The predicted octanol–water partition coefficient (Wildman–Crippen LogP) is 6.38. The number of hydrogen-bond acceptors (Lipinski definition) is 4. The molecule has 1 aliphatic heterocycles. The summed E-state index contributed by atoms with van der Waals surface area (Å²) in [7, 11) is 1.44. The van der Waals surface area contributed by atoms with Crippen molar-refractivity contribution in [3.05, 3.63) is 96.0 Å². The Hall–Kier alpha value is -4.14. The lowest BCUT2D eigenvalue weighted by molar-refractivity contribution is -0.137. The van der Waals surface area contributed by atoms with E-state index in [9.17, 15) is 22.4 Å². The second kappa shape index (κ2) is 9.25. The molecule has 0 unspecified atom stereocenters. The number of amides is 1. The first kappa shape index (κ1) is 24.0. The van der Waals surface area contributed by atoms with Crippen molar-refractivity contribution in [3.8, 4) is 5.88 Å². The van der Waals surface area contributed by atoms with Crippen molar-refractivity contribution in [3.63, 3.8) is 0 Å². The standard InChI is InChI=1S/C26H21F4N3O2/c1-4-6-16-13-18(27)8-10-21(16)32-15-33(23-11-12-24(35-3)31-20(23)5-2)25(34)19-14-17(26(28,29)30)7-9-22(19)32/h4-5,7-14H,1-2,6,15H2,3H3. The van der Waals surface area contributed by atoms with Crippen molar-refractivity contribution >= 4 is 29.0 Å². The average Bonchev–Trinajstić information content (AvgIpc) is 2.84. The molecule has 0 bridgehead atoms. The number of methoxy groups -OCH3 is 1. The Kier molecular flexibility index (Phi) is 6.34. The number of allylic oxidation sites excluding steroid dienone is 1. The van der Waals surface area contributed by atoms with Gasteiger partial charge in [0.1, 0.15) is 12.5 Å². The third kappa shape index (κ3) is 4.49. The van der Waals surface area contributed by atoms with Gasteiger partial charge in [-0.3, -0.25) is 9.69 Å². The number of carbonyl (C=O) groups excluding carboxylic acids is 1. The highest BCUT2D eigenvalue weighted by atomic mass is 19.4. The summed E-state index contributed by atoms with van der Waals surface area (Å²) in [5.41, 5.74) is 0.935. The minimum Gasteiger partial charge on any atom is -0.481 e. The fourth-order valence-corrected chi connectivity index (χ4v) is 4.02. The summed E-state index contributed by atoms with van der Waals surface area (Å²) < 4.78 is 59.7. The Morgan fingerprint density at radius 1 is 1.03 bits per heavy atom. The SMILES string of the molecule is C=CCc1cc(F)ccc1N1CN(c2ccc(OC)nc2C=C)C(=O)c2cc(C(F)(F)F)ccc21. The van der Waals surface area contributed by atoms with Gasteiger partial charge in [0.2, 0.25) is 5.88 Å². The molecule has 0 saturated carbocycles. The highest BCUT2D eigenvalue weighted by molar-refractivity contribution is 6.13. The summed E-state index contributed by atoms with van der Waals surface area (Å²) in [6.07, 6.45) is -1.30. The van der Waals surface area contributed by atoms with Crippen LogP contribution in [0.4, 0.5) is 34.6 Å². The summed E-state index contributed by atoms with van der Waals surface area (Å²) in [6, 6.07) is 10.3. The number of nitrogens with zero attached hydrogens (tertiary/aromatic N) is 3. The lowest BCUT2D eigenvalue weighted by Crippen LogP contribution is -2.45. The van der Waals surface area contributed by atoms with Gasteiger partial charge in [-0.25, -0.2) is 9.37 Å². The molecule has 180 valence electrons. The van der Waals surface area contributed by atoms with Gasteiger partial charge in [0.15, 0.2) is 0 Å². The van der Waals surface area contributed by atoms with E-state index in [-0.39, 0.29) is 23.8 Å². The molecule has 1 aliphatic rings. The second-order valence-electron chi connectivity index (χ2n) is 7.76. The maximum absolute atomic E-state index is 14.0. The molecule has 1 aromatic heterocycles. The molecule has 1 amide bonds. The van der Waals surface area contributed by atoms with Gasteiger partial charge in [0.25, 0.3) is 5.91 Å². The van der Waals surface area contributed by atoms with E-state index in [1.54, 1.807) is 23.1 Å². The van der Waals surface area contributed by atoms with E-state index in [1.165, 1.54) is 42.4 Å². The molecular weight excluding hydrogens is 462 g/mol. The van der Waals surface area contributed by atoms with Gasteiger partial charge in [-0.15, -0.1) is 6.58 Å². The number of hydrogen-bond donors (Lipinski definition) is 0. The molecule has 0 fully saturated rings. The molecule has 0 atom stereocenters. The van der Waals surface area contributed by atoms with Crippen molar-refractivity contribution in [1.29, 1.82) is 0 Å². The van der Waals surface area contributed by atoms with E-state index in [0.717, 1.165) is 12.1 Å². The molecule has 9 heteroatoms. The van der Waals surface area contributed by atoms with Crippen molar-refractivity contribution in [2.24, 2.45) is 0 Å². The molecule has 35 heavy (non-hydrogen) atoms. The largest absolute Gasteiger partial charge is 0.481 e. The molecule has 2 heterocycles. The number of anilines is 3. The van der Waals surface area contributed by atoms with E-state index in [0.29, 0.717) is 29.1 Å². The summed E-state index contributed by atoms with van der Waals surface area (Å²) in [6.45, 7) is 7.38. The number of fused-ring (bicyclic) bond motifs is 1. The van der Waals surface area contributed by atoms with Crippen LogP contribution in [0, 0.1) is 5.82 Å². The first-order valence-corrected chi connectivity index (χ1v) is 10.6. The average molecular weight is 483 g/mol. The Balaban J connectivity index is 1.94. The molecule has 2 aromatic carbocycles. The van der Waals surface area contributed by atoms with Crippen molar-refractivity contribution in [2.45, 2.75) is 12.6 Å². The van der Waals surface area contributed by atoms with Gasteiger partial charge in [-0.1, -0.05) is 12.7 Å². The molecule has 4 rings (SSSR count). The van der Waals surface area contributed by atoms with Gasteiger partial charge < -0.3 is 9.64 Å². The van der Waals surface area contributed by atoms with E-state index in [1.807, 2.05) is 0 Å². The maximum Gasteiger partial charge on any atom is 0.416 e. The number of aromatic nitrogens is 1. The second-order valence-corrected chi connectivity index (χ2v) is 7.76. The maximum atomic E-state index is 14.0. The van der Waals surface area contributed by atoms with Crippen LogP contribution in [0.5, 0.6) is 5.88 Å². The Bertz CT molecular complexity index is 1320. The zero-order valence-corrected chi connectivity index (χ0v) is 18.8. The Morgan fingerprint density at radius 2 is 1.74 bits per heavy atom. The highest BCUT2D eigenvalue weighted by Gasteiger charge is 2.37. The summed E-state index contributed by atoms with van der Waals surface area (Å²) in [5, 5.41) is 0. The topological polar surface area (TPSA) is 45.7 Å². The molecule has 0 saturated heterocycles. The van der Waals surface area contributed by atoms with Crippen LogP contribution in [-0.4, -0.2) is 24.7 Å². The van der Waals surface area contributed by atoms with Crippen LogP contribution in [0.15, 0.2) is 67.8 Å². The fraction of sp³-hybridized carbons (Fsp3) is 0.154. The number of benzene rings is 2. The summed E-state index contributed by atoms with van der Waals surface area (Å²) >= 11 is 0. The monoisotopic (exact) mass is 483 g/mol. The molecular formula is C26H21F4N3O2. The Morgan fingerprint density at radius 3 is 2.40 bits per heavy atom. The molecule has 0 radical (unpaired) electrons. The van der Waals surface area contributed by atoms with Gasteiger partial charge in [-0.05, 0) is 60.5 Å². The van der Waals surface area contributed by atoms with Crippen LogP contribution in [-0.2, 0) is 12.6 Å². The van der Waals surface area contributed by atoms with E-state index < -0.39 is 23.5 Å². The van der Waals surface area contributed by atoms with Gasteiger partial charge in [-0.2, -0.15) is 13.2 Å². The lowest BCUT2D eigenvalue weighted by Gasteiger charge is -2.39. The number of halogens is 4. The minimum atomic E-state index is -4.64. The number of rotatable bonds is 6. The van der Waals surface area contributed by atoms with E-state index in [4.69, 9.17) is 4.74 Å². The van der Waals surface area contributed by atoms with Crippen LogP contribution in [0.1, 0.15) is 27.2 Å². The number of alkyl halides is 3. The zero-order chi connectivity index (χ0) is 25.3. The number of pyridine rings is 1. The van der Waals surface area contributed by atoms with Gasteiger partial charge >= 0.3 is 6.18 Å². The third-order valence-corrected chi connectivity index (χ3v) is 5.64. The lowest BCUT2D eigenvalue weighted by atomic mass is 10.0. The molecule has 3 aromatic rings. The molecule has 0 aliphatic carbocycles. The third-order valence-electron chi connectivity index (χ3n) is 5.64. The fourth-order valence-electron chi connectivity index (χ4n) is 4.02. The van der Waals surface area contributed by atoms with Crippen molar-refractivity contribution in [2.75, 3.05) is 23.6 Å². The highest BCUT2D eigenvalue weighted by Crippen LogP contribution is 2.41. The normalized spacial score (nSPS) is 13.5. The van der Waals surface area contributed by atoms with Crippen LogP contribution < -0.4 is 14.5 Å². The molecule has 0 N–H and O–H groups in total. The summed E-state index contributed by atoms with van der Waals surface area (Å²) in [4.78, 5) is 20.8. The van der Waals surface area contributed by atoms with E-state index in [2.05, 4.69) is 18.1 Å². The summed E-state index contributed by atoms with van der Waals surface area (Å²) in [5.74, 6) is -0.808. The van der Waals surface area contributed by atoms with Gasteiger partial charge in [0, 0.05) is 11.8 Å². The van der Waals surface area contributed by atoms with Crippen LogP contribution in [0.3, 0.4) is 0 Å². The van der Waals surface area contributed by atoms with E-state index >= 15 is 0 Å².